The third-order valence-electron chi connectivity index (χ3n) is 4.52. The molecule has 28 heavy (non-hydrogen) atoms. The SMILES string of the molecule is CN(C)C(=O)c1ccccc1C#CCC1(O)C=CC(=O)/C1=C/c1nccn1C. The molecular formula is C22H21N3O3. The van der Waals surface area contributed by atoms with E-state index in [4.69, 9.17) is 0 Å². The number of ketones is 1. The third-order valence-corrected chi connectivity index (χ3v) is 4.52. The van der Waals surface area contributed by atoms with Gasteiger partial charge in [-0.3, -0.25) is 9.59 Å². The van der Waals surface area contributed by atoms with Crippen LogP contribution in [-0.4, -0.2) is 50.9 Å². The Morgan fingerprint density at radius 2 is 2.11 bits per heavy atom. The molecule has 0 fully saturated rings. The Hall–Kier alpha value is -3.43. The van der Waals surface area contributed by atoms with E-state index in [9.17, 15) is 14.7 Å². The number of hydrogen-bond acceptors (Lipinski definition) is 4. The molecule has 2 aromatic rings. The molecule has 1 N–H and O–H groups in total. The molecule has 1 aliphatic carbocycles. The molecule has 1 aromatic carbocycles. The number of aliphatic hydroxyl groups is 1. The second kappa shape index (κ2) is 7.67. The van der Waals surface area contributed by atoms with Gasteiger partial charge in [0.05, 0.1) is 5.56 Å². The zero-order valence-electron chi connectivity index (χ0n) is 16.0. The molecule has 142 valence electrons. The summed E-state index contributed by atoms with van der Waals surface area (Å²) in [6, 6.07) is 7.05. The number of nitrogens with zero attached hydrogens (tertiary/aromatic N) is 3. The van der Waals surface area contributed by atoms with Crippen molar-refractivity contribution in [3.8, 4) is 11.8 Å². The van der Waals surface area contributed by atoms with Crippen molar-refractivity contribution in [3.63, 3.8) is 0 Å². The van der Waals surface area contributed by atoms with E-state index < -0.39 is 5.60 Å². The van der Waals surface area contributed by atoms with Crippen LogP contribution in [0.4, 0.5) is 0 Å². The predicted octanol–water partition coefficient (Wildman–Crippen LogP) is 1.82. The van der Waals surface area contributed by atoms with Gasteiger partial charge in [-0.2, -0.15) is 0 Å². The molecule has 1 unspecified atom stereocenters. The van der Waals surface area contributed by atoms with Crippen molar-refractivity contribution in [2.24, 2.45) is 7.05 Å². The molecule has 0 radical (unpaired) electrons. The molecule has 1 amide bonds. The Morgan fingerprint density at radius 1 is 1.36 bits per heavy atom. The number of carbonyl (C=O) groups is 2. The summed E-state index contributed by atoms with van der Waals surface area (Å²) in [7, 11) is 5.17. The highest BCUT2D eigenvalue weighted by Gasteiger charge is 2.37. The maximum atomic E-state index is 12.3. The molecule has 6 heteroatoms. The van der Waals surface area contributed by atoms with Crippen LogP contribution in [-0.2, 0) is 11.8 Å². The van der Waals surface area contributed by atoms with Crippen LogP contribution < -0.4 is 0 Å². The van der Waals surface area contributed by atoms with E-state index in [-0.39, 0.29) is 23.7 Å². The summed E-state index contributed by atoms with van der Waals surface area (Å²) in [6.07, 6.45) is 7.78. The number of amides is 1. The van der Waals surface area contributed by atoms with Gasteiger partial charge >= 0.3 is 0 Å². The van der Waals surface area contributed by atoms with Crippen molar-refractivity contribution in [3.05, 3.63) is 71.3 Å². The fourth-order valence-corrected chi connectivity index (χ4v) is 2.90. The number of rotatable bonds is 3. The van der Waals surface area contributed by atoms with Crippen molar-refractivity contribution in [2.45, 2.75) is 12.0 Å². The quantitative estimate of drug-likeness (QED) is 0.656. The summed E-state index contributed by atoms with van der Waals surface area (Å²) >= 11 is 0. The van der Waals surface area contributed by atoms with Crippen LogP contribution in [0.25, 0.3) is 6.08 Å². The molecule has 6 nitrogen and oxygen atoms in total. The van der Waals surface area contributed by atoms with E-state index in [0.717, 1.165) is 0 Å². The minimum Gasteiger partial charge on any atom is -0.380 e. The average molecular weight is 375 g/mol. The van der Waals surface area contributed by atoms with Gasteiger partial charge in [0.25, 0.3) is 5.91 Å². The van der Waals surface area contributed by atoms with Gasteiger partial charge in [-0.05, 0) is 30.4 Å². The Bertz CT molecular complexity index is 1050. The van der Waals surface area contributed by atoms with Gasteiger partial charge in [-0.1, -0.05) is 24.0 Å². The van der Waals surface area contributed by atoms with E-state index >= 15 is 0 Å². The van der Waals surface area contributed by atoms with E-state index in [1.54, 1.807) is 61.4 Å². The lowest BCUT2D eigenvalue weighted by Gasteiger charge is -2.19. The van der Waals surface area contributed by atoms with Crippen LogP contribution in [0.2, 0.25) is 0 Å². The largest absolute Gasteiger partial charge is 0.380 e. The van der Waals surface area contributed by atoms with Gasteiger partial charge < -0.3 is 14.6 Å². The first-order chi connectivity index (χ1) is 13.3. The first-order valence-corrected chi connectivity index (χ1v) is 8.77. The molecule has 0 spiro atoms. The number of allylic oxidation sites excluding steroid dienone is 1. The maximum Gasteiger partial charge on any atom is 0.254 e. The monoisotopic (exact) mass is 375 g/mol. The minimum atomic E-state index is -1.49. The topological polar surface area (TPSA) is 75.4 Å². The van der Waals surface area contributed by atoms with E-state index in [1.807, 2.05) is 7.05 Å². The summed E-state index contributed by atoms with van der Waals surface area (Å²) < 4.78 is 1.76. The predicted molar refractivity (Wildman–Crippen MR) is 106 cm³/mol. The van der Waals surface area contributed by atoms with Crippen LogP contribution in [0.1, 0.15) is 28.2 Å². The highest BCUT2D eigenvalue weighted by Crippen LogP contribution is 2.31. The summed E-state index contributed by atoms with van der Waals surface area (Å²) in [4.78, 5) is 30.2. The first-order valence-electron chi connectivity index (χ1n) is 8.77. The smallest absolute Gasteiger partial charge is 0.254 e. The van der Waals surface area contributed by atoms with Gasteiger partial charge in [0.15, 0.2) is 5.78 Å². The molecule has 0 aliphatic heterocycles. The Morgan fingerprint density at radius 3 is 2.79 bits per heavy atom. The zero-order valence-corrected chi connectivity index (χ0v) is 16.0. The van der Waals surface area contributed by atoms with E-state index in [0.29, 0.717) is 17.0 Å². The third kappa shape index (κ3) is 3.80. The minimum absolute atomic E-state index is 0.0238. The van der Waals surface area contributed by atoms with Gasteiger partial charge in [-0.15, -0.1) is 0 Å². The number of aromatic nitrogens is 2. The van der Waals surface area contributed by atoms with Crippen LogP contribution >= 0.6 is 0 Å². The summed E-state index contributed by atoms with van der Waals surface area (Å²) in [5.74, 6) is 6.03. The lowest BCUT2D eigenvalue weighted by atomic mass is 9.92. The van der Waals surface area contributed by atoms with E-state index in [1.165, 1.54) is 17.1 Å². The van der Waals surface area contributed by atoms with Gasteiger partial charge in [0, 0.05) is 51.1 Å². The zero-order chi connectivity index (χ0) is 20.3. The molecule has 1 aliphatic rings. The summed E-state index contributed by atoms with van der Waals surface area (Å²) in [5.41, 5.74) is -0.188. The fourth-order valence-electron chi connectivity index (χ4n) is 2.90. The normalized spacial score (nSPS) is 19.6. The highest BCUT2D eigenvalue weighted by molar-refractivity contribution is 6.11. The summed E-state index contributed by atoms with van der Waals surface area (Å²) in [5, 5.41) is 11.0. The van der Waals surface area contributed by atoms with Crippen molar-refractivity contribution in [1.29, 1.82) is 0 Å². The second-order valence-corrected chi connectivity index (χ2v) is 6.80. The lowest BCUT2D eigenvalue weighted by molar-refractivity contribution is -0.111. The second-order valence-electron chi connectivity index (χ2n) is 6.80. The number of aryl methyl sites for hydroxylation is 1. The van der Waals surface area contributed by atoms with Crippen molar-refractivity contribution < 1.29 is 14.7 Å². The van der Waals surface area contributed by atoms with Crippen LogP contribution in [0.5, 0.6) is 0 Å². The lowest BCUT2D eigenvalue weighted by Crippen LogP contribution is -2.27. The van der Waals surface area contributed by atoms with Gasteiger partial charge in [0.1, 0.15) is 11.4 Å². The Labute approximate surface area is 163 Å². The standard InChI is InChI=1S/C22H21N3O3/c1-24(2)21(27)17-9-5-4-7-16(17)8-6-11-22(28)12-10-19(26)18(22)15-20-23-13-14-25(20)3/h4-5,7,9-10,12-15,28H,11H2,1-3H3/b18-15-. The maximum absolute atomic E-state index is 12.3. The fraction of sp³-hybridized carbons (Fsp3) is 0.227. The first kappa shape index (κ1) is 19.3. The van der Waals surface area contributed by atoms with Crippen LogP contribution in [0, 0.1) is 11.8 Å². The Balaban J connectivity index is 1.88. The van der Waals surface area contributed by atoms with E-state index in [2.05, 4.69) is 16.8 Å². The van der Waals surface area contributed by atoms with Gasteiger partial charge in [0.2, 0.25) is 0 Å². The van der Waals surface area contributed by atoms with Crippen molar-refractivity contribution in [2.75, 3.05) is 14.1 Å². The van der Waals surface area contributed by atoms with Crippen molar-refractivity contribution >= 4 is 17.8 Å². The van der Waals surface area contributed by atoms with Crippen LogP contribution in [0.15, 0.2) is 54.4 Å². The molecular weight excluding hydrogens is 354 g/mol. The number of imidazole rings is 1. The molecule has 3 rings (SSSR count). The van der Waals surface area contributed by atoms with Gasteiger partial charge in [-0.25, -0.2) is 4.98 Å². The average Bonchev–Trinajstić information content (AvgIpc) is 3.20. The Kier molecular flexibility index (Phi) is 5.30. The number of hydrogen-bond donors (Lipinski definition) is 1. The molecule has 1 atom stereocenters. The number of carbonyl (C=O) groups excluding carboxylic acids is 2. The molecule has 1 heterocycles. The molecule has 0 saturated carbocycles. The highest BCUT2D eigenvalue weighted by atomic mass is 16.3. The molecule has 0 saturated heterocycles. The van der Waals surface area contributed by atoms with Crippen molar-refractivity contribution in [1.82, 2.24) is 14.5 Å². The number of benzene rings is 1. The van der Waals surface area contributed by atoms with Crippen LogP contribution in [0.3, 0.4) is 0 Å². The summed E-state index contributed by atoms with van der Waals surface area (Å²) in [6.45, 7) is 0. The molecule has 1 aromatic heterocycles. The molecule has 0 bridgehead atoms.